The van der Waals surface area contributed by atoms with Crippen molar-refractivity contribution in [3.05, 3.63) is 0 Å². The zero-order chi connectivity index (χ0) is 12.5. The number of hydrogen-bond acceptors (Lipinski definition) is 1. The van der Waals surface area contributed by atoms with Crippen LogP contribution in [0.25, 0.3) is 0 Å². The highest BCUT2D eigenvalue weighted by Crippen LogP contribution is 2.52. The first kappa shape index (κ1) is 13.8. The SMILES string of the molecule is CC(C)(SC(C)(C)C1CCCC1)C1CCCC1. The van der Waals surface area contributed by atoms with E-state index in [0.717, 1.165) is 11.8 Å². The predicted molar refractivity (Wildman–Crippen MR) is 79.7 cm³/mol. The van der Waals surface area contributed by atoms with Crippen molar-refractivity contribution in [2.75, 3.05) is 0 Å². The summed E-state index contributed by atoms with van der Waals surface area (Å²) in [5.74, 6) is 1.93. The van der Waals surface area contributed by atoms with Crippen LogP contribution >= 0.6 is 11.8 Å². The molecule has 0 aromatic heterocycles. The lowest BCUT2D eigenvalue weighted by molar-refractivity contribution is 0.402. The fourth-order valence-electron chi connectivity index (χ4n) is 4.09. The van der Waals surface area contributed by atoms with Gasteiger partial charge in [0.2, 0.25) is 0 Å². The molecule has 0 nitrogen and oxygen atoms in total. The Kier molecular flexibility index (Phi) is 4.17. The Morgan fingerprint density at radius 3 is 1.24 bits per heavy atom. The first-order chi connectivity index (χ1) is 7.92. The molecule has 0 N–H and O–H groups in total. The fraction of sp³-hybridized carbons (Fsp3) is 1.00. The van der Waals surface area contributed by atoms with Crippen LogP contribution in [-0.4, -0.2) is 9.49 Å². The second kappa shape index (κ2) is 5.15. The van der Waals surface area contributed by atoms with Crippen LogP contribution in [0.15, 0.2) is 0 Å². The van der Waals surface area contributed by atoms with E-state index < -0.39 is 0 Å². The highest BCUT2D eigenvalue weighted by molar-refractivity contribution is 8.01. The van der Waals surface area contributed by atoms with Gasteiger partial charge in [0, 0.05) is 9.49 Å². The van der Waals surface area contributed by atoms with Gasteiger partial charge in [-0.15, -0.1) is 11.8 Å². The van der Waals surface area contributed by atoms with Gasteiger partial charge in [-0.3, -0.25) is 0 Å². The molecule has 2 rings (SSSR count). The van der Waals surface area contributed by atoms with E-state index in [1.807, 2.05) is 0 Å². The van der Waals surface area contributed by atoms with E-state index in [9.17, 15) is 0 Å². The van der Waals surface area contributed by atoms with Crippen LogP contribution in [0.1, 0.15) is 79.1 Å². The average molecular weight is 254 g/mol. The van der Waals surface area contributed by atoms with Gasteiger partial charge < -0.3 is 0 Å². The van der Waals surface area contributed by atoms with Crippen LogP contribution in [0.5, 0.6) is 0 Å². The van der Waals surface area contributed by atoms with Crippen LogP contribution in [0.3, 0.4) is 0 Å². The zero-order valence-electron chi connectivity index (χ0n) is 12.2. The Bertz CT molecular complexity index is 216. The molecule has 1 heteroatoms. The molecular formula is C16H30S. The lowest BCUT2D eigenvalue weighted by Crippen LogP contribution is -2.36. The van der Waals surface area contributed by atoms with Crippen LogP contribution < -0.4 is 0 Å². The summed E-state index contributed by atoms with van der Waals surface area (Å²) in [6.45, 7) is 10.0. The van der Waals surface area contributed by atoms with E-state index >= 15 is 0 Å². The highest BCUT2D eigenvalue weighted by atomic mass is 32.2. The van der Waals surface area contributed by atoms with Crippen molar-refractivity contribution in [1.29, 1.82) is 0 Å². The predicted octanol–water partition coefficient (Wildman–Crippen LogP) is 5.66. The molecule has 0 heterocycles. The molecule has 0 bridgehead atoms. The number of rotatable bonds is 4. The van der Waals surface area contributed by atoms with Crippen LogP contribution in [0, 0.1) is 11.8 Å². The minimum Gasteiger partial charge on any atom is -0.149 e. The van der Waals surface area contributed by atoms with Gasteiger partial charge in [-0.2, -0.15) is 0 Å². The maximum Gasteiger partial charge on any atom is 0.0137 e. The van der Waals surface area contributed by atoms with Crippen molar-refractivity contribution < 1.29 is 0 Å². The van der Waals surface area contributed by atoms with Gasteiger partial charge in [0.1, 0.15) is 0 Å². The largest absolute Gasteiger partial charge is 0.149 e. The smallest absolute Gasteiger partial charge is 0.0137 e. The second-order valence-electron chi connectivity index (χ2n) is 7.27. The lowest BCUT2D eigenvalue weighted by Gasteiger charge is -2.41. The third-order valence-corrected chi connectivity index (χ3v) is 6.92. The first-order valence-corrected chi connectivity index (χ1v) is 8.44. The molecule has 2 saturated carbocycles. The molecular weight excluding hydrogens is 224 g/mol. The third-order valence-electron chi connectivity index (χ3n) is 5.20. The summed E-state index contributed by atoms with van der Waals surface area (Å²) in [6, 6.07) is 0. The number of thioether (sulfide) groups is 1. The quantitative estimate of drug-likeness (QED) is 0.624. The first-order valence-electron chi connectivity index (χ1n) is 7.62. The fourth-order valence-corrected chi connectivity index (χ4v) is 6.25. The molecule has 0 atom stereocenters. The molecule has 0 radical (unpaired) electrons. The van der Waals surface area contributed by atoms with E-state index in [4.69, 9.17) is 0 Å². The van der Waals surface area contributed by atoms with E-state index in [2.05, 4.69) is 39.5 Å². The molecule has 100 valence electrons. The zero-order valence-corrected chi connectivity index (χ0v) is 13.0. The van der Waals surface area contributed by atoms with E-state index in [1.165, 1.54) is 51.4 Å². The summed E-state index contributed by atoms with van der Waals surface area (Å²) in [5, 5.41) is 0. The Morgan fingerprint density at radius 2 is 0.941 bits per heavy atom. The maximum absolute atomic E-state index is 2.50. The van der Waals surface area contributed by atoms with E-state index in [0.29, 0.717) is 9.49 Å². The molecule has 0 aromatic rings. The molecule has 2 fully saturated rings. The van der Waals surface area contributed by atoms with E-state index in [1.54, 1.807) is 0 Å². The van der Waals surface area contributed by atoms with Gasteiger partial charge in [-0.1, -0.05) is 53.4 Å². The van der Waals surface area contributed by atoms with E-state index in [-0.39, 0.29) is 0 Å². The van der Waals surface area contributed by atoms with Crippen molar-refractivity contribution >= 4 is 11.8 Å². The van der Waals surface area contributed by atoms with Crippen molar-refractivity contribution in [2.24, 2.45) is 11.8 Å². The van der Waals surface area contributed by atoms with Gasteiger partial charge in [0.15, 0.2) is 0 Å². The van der Waals surface area contributed by atoms with Crippen LogP contribution in [0.4, 0.5) is 0 Å². The summed E-state index contributed by atoms with van der Waals surface area (Å²) < 4.78 is 0.977. The van der Waals surface area contributed by atoms with Crippen molar-refractivity contribution in [3.63, 3.8) is 0 Å². The Morgan fingerprint density at radius 1 is 0.647 bits per heavy atom. The van der Waals surface area contributed by atoms with Gasteiger partial charge in [0.05, 0.1) is 0 Å². The standard InChI is InChI=1S/C16H30S/c1-15(2,13-9-5-6-10-13)17-16(3,4)14-11-7-8-12-14/h13-14H,5-12H2,1-4H3. The molecule has 2 aliphatic rings. The molecule has 0 saturated heterocycles. The molecule has 0 amide bonds. The minimum absolute atomic E-state index is 0.489. The minimum atomic E-state index is 0.489. The van der Waals surface area contributed by atoms with Crippen LogP contribution in [-0.2, 0) is 0 Å². The van der Waals surface area contributed by atoms with Gasteiger partial charge in [0.25, 0.3) is 0 Å². The molecule has 0 unspecified atom stereocenters. The topological polar surface area (TPSA) is 0 Å². The third kappa shape index (κ3) is 3.22. The van der Waals surface area contributed by atoms with Crippen molar-refractivity contribution in [1.82, 2.24) is 0 Å². The molecule has 2 aliphatic carbocycles. The second-order valence-corrected chi connectivity index (χ2v) is 9.58. The normalized spacial score (nSPS) is 24.7. The van der Waals surface area contributed by atoms with Crippen LogP contribution in [0.2, 0.25) is 0 Å². The summed E-state index contributed by atoms with van der Waals surface area (Å²) in [4.78, 5) is 0. The summed E-state index contributed by atoms with van der Waals surface area (Å²) in [5.41, 5.74) is 0. The Hall–Kier alpha value is 0.350. The molecule has 0 spiro atoms. The Balaban J connectivity index is 1.97. The maximum atomic E-state index is 2.50. The van der Waals surface area contributed by atoms with Gasteiger partial charge >= 0.3 is 0 Å². The molecule has 17 heavy (non-hydrogen) atoms. The van der Waals surface area contributed by atoms with Crippen molar-refractivity contribution in [3.8, 4) is 0 Å². The number of hydrogen-bond donors (Lipinski definition) is 0. The summed E-state index contributed by atoms with van der Waals surface area (Å²) >= 11 is 2.30. The monoisotopic (exact) mass is 254 g/mol. The highest BCUT2D eigenvalue weighted by Gasteiger charge is 2.41. The van der Waals surface area contributed by atoms with Crippen molar-refractivity contribution in [2.45, 2.75) is 88.6 Å². The molecule has 0 aromatic carbocycles. The Labute approximate surface area is 112 Å². The summed E-state index contributed by atoms with van der Waals surface area (Å²) in [6.07, 6.45) is 11.8. The van der Waals surface area contributed by atoms with Gasteiger partial charge in [-0.05, 0) is 37.5 Å². The van der Waals surface area contributed by atoms with Gasteiger partial charge in [-0.25, -0.2) is 0 Å². The lowest BCUT2D eigenvalue weighted by atomic mass is 9.92. The average Bonchev–Trinajstić information content (AvgIpc) is 2.91. The molecule has 0 aliphatic heterocycles. The summed E-state index contributed by atoms with van der Waals surface area (Å²) in [7, 11) is 0.